The molecule has 1 aliphatic rings. The van der Waals surface area contributed by atoms with Crippen LogP contribution in [0.15, 0.2) is 48.5 Å². The average Bonchev–Trinajstić information content (AvgIpc) is 3.03. The van der Waals surface area contributed by atoms with E-state index in [1.54, 1.807) is 36.3 Å². The highest BCUT2D eigenvalue weighted by Gasteiger charge is 2.28. The second-order valence-electron chi connectivity index (χ2n) is 5.47. The molecule has 1 aliphatic heterocycles. The van der Waals surface area contributed by atoms with Gasteiger partial charge >= 0.3 is 0 Å². The van der Waals surface area contributed by atoms with Gasteiger partial charge < -0.3 is 14.4 Å². The summed E-state index contributed by atoms with van der Waals surface area (Å²) in [5, 5.41) is 0.570. The number of halogens is 1. The molecule has 0 bridgehead atoms. The molecule has 2 aromatic rings. The summed E-state index contributed by atoms with van der Waals surface area (Å²) < 4.78 is 11.1. The van der Waals surface area contributed by atoms with E-state index in [4.69, 9.17) is 21.1 Å². The van der Waals surface area contributed by atoms with E-state index in [2.05, 4.69) is 0 Å². The second-order valence-corrected chi connectivity index (χ2v) is 5.90. The Kier molecular flexibility index (Phi) is 4.72. The van der Waals surface area contributed by atoms with Gasteiger partial charge in [-0.2, -0.15) is 0 Å². The normalized spacial score (nSPS) is 17.1. The predicted molar refractivity (Wildman–Crippen MR) is 89.4 cm³/mol. The summed E-state index contributed by atoms with van der Waals surface area (Å²) in [6, 6.07) is 14.5. The lowest BCUT2D eigenvalue weighted by Gasteiger charge is -2.17. The van der Waals surface area contributed by atoms with Crippen molar-refractivity contribution in [3.8, 4) is 11.5 Å². The van der Waals surface area contributed by atoms with E-state index in [1.165, 1.54) is 0 Å². The zero-order valence-electron chi connectivity index (χ0n) is 12.9. The van der Waals surface area contributed by atoms with Gasteiger partial charge in [-0.3, -0.25) is 4.79 Å². The SMILES string of the molecule is COc1ccc(OC2CCN(C(=O)c3cccc(Cl)c3)C2)cc1. The molecule has 0 saturated carbocycles. The van der Waals surface area contributed by atoms with Crippen molar-refractivity contribution in [2.24, 2.45) is 0 Å². The molecule has 2 aromatic carbocycles. The molecule has 1 unspecified atom stereocenters. The molecule has 0 radical (unpaired) electrons. The van der Waals surface area contributed by atoms with E-state index in [1.807, 2.05) is 24.3 Å². The number of carbonyl (C=O) groups excluding carboxylic acids is 1. The van der Waals surface area contributed by atoms with Gasteiger partial charge in [0.2, 0.25) is 0 Å². The molecule has 1 heterocycles. The van der Waals surface area contributed by atoms with Gasteiger partial charge in [0, 0.05) is 23.6 Å². The van der Waals surface area contributed by atoms with Crippen LogP contribution in [0, 0.1) is 0 Å². The molecular formula is C18H18ClNO3. The minimum absolute atomic E-state index is 0.00605. The van der Waals surface area contributed by atoms with E-state index in [9.17, 15) is 4.79 Å². The minimum atomic E-state index is -0.00618. The summed E-state index contributed by atoms with van der Waals surface area (Å²) in [6.07, 6.45) is 0.824. The number of likely N-dealkylation sites (tertiary alicyclic amines) is 1. The van der Waals surface area contributed by atoms with E-state index in [0.29, 0.717) is 23.7 Å². The van der Waals surface area contributed by atoms with E-state index >= 15 is 0 Å². The molecule has 1 saturated heterocycles. The first-order valence-corrected chi connectivity index (χ1v) is 7.89. The summed E-state index contributed by atoms with van der Waals surface area (Å²) >= 11 is 5.95. The van der Waals surface area contributed by atoms with Gasteiger partial charge in [-0.25, -0.2) is 0 Å². The number of amides is 1. The van der Waals surface area contributed by atoms with Crippen LogP contribution >= 0.6 is 11.6 Å². The molecule has 23 heavy (non-hydrogen) atoms. The lowest BCUT2D eigenvalue weighted by Crippen LogP contribution is -2.30. The predicted octanol–water partition coefficient (Wildman–Crippen LogP) is 3.64. The van der Waals surface area contributed by atoms with Gasteiger partial charge in [-0.1, -0.05) is 17.7 Å². The zero-order valence-corrected chi connectivity index (χ0v) is 13.6. The Bertz CT molecular complexity index is 687. The van der Waals surface area contributed by atoms with Crippen LogP contribution in [0.1, 0.15) is 16.8 Å². The van der Waals surface area contributed by atoms with Crippen molar-refractivity contribution in [3.05, 3.63) is 59.1 Å². The average molecular weight is 332 g/mol. The Morgan fingerprint density at radius 3 is 2.61 bits per heavy atom. The van der Waals surface area contributed by atoms with Crippen LogP contribution in [0.5, 0.6) is 11.5 Å². The van der Waals surface area contributed by atoms with Crippen molar-refractivity contribution in [2.45, 2.75) is 12.5 Å². The van der Waals surface area contributed by atoms with Gasteiger partial charge in [-0.15, -0.1) is 0 Å². The molecule has 5 heteroatoms. The Hall–Kier alpha value is -2.20. The molecule has 1 atom stereocenters. The smallest absolute Gasteiger partial charge is 0.254 e. The molecular weight excluding hydrogens is 314 g/mol. The maximum Gasteiger partial charge on any atom is 0.254 e. The highest BCUT2D eigenvalue weighted by Crippen LogP contribution is 2.23. The van der Waals surface area contributed by atoms with Crippen LogP contribution in [0.3, 0.4) is 0 Å². The third-order valence-corrected chi connectivity index (χ3v) is 4.10. The number of nitrogens with zero attached hydrogens (tertiary/aromatic N) is 1. The third-order valence-electron chi connectivity index (χ3n) is 3.87. The number of benzene rings is 2. The number of hydrogen-bond acceptors (Lipinski definition) is 3. The summed E-state index contributed by atoms with van der Waals surface area (Å²) in [6.45, 7) is 1.27. The Morgan fingerprint density at radius 2 is 1.91 bits per heavy atom. The van der Waals surface area contributed by atoms with Crippen molar-refractivity contribution in [3.63, 3.8) is 0 Å². The van der Waals surface area contributed by atoms with Gasteiger partial charge in [0.1, 0.15) is 17.6 Å². The first-order valence-electron chi connectivity index (χ1n) is 7.51. The van der Waals surface area contributed by atoms with E-state index < -0.39 is 0 Å². The molecule has 0 aliphatic carbocycles. The summed E-state index contributed by atoms with van der Waals surface area (Å²) in [7, 11) is 1.63. The monoisotopic (exact) mass is 331 g/mol. The highest BCUT2D eigenvalue weighted by atomic mass is 35.5. The largest absolute Gasteiger partial charge is 0.497 e. The Balaban J connectivity index is 1.60. The molecule has 0 spiro atoms. The summed E-state index contributed by atoms with van der Waals surface area (Å²) in [5.74, 6) is 1.57. The zero-order chi connectivity index (χ0) is 16.2. The van der Waals surface area contributed by atoms with Crippen LogP contribution < -0.4 is 9.47 Å². The van der Waals surface area contributed by atoms with Gasteiger partial charge in [-0.05, 0) is 42.5 Å². The topological polar surface area (TPSA) is 38.8 Å². The molecule has 1 fully saturated rings. The summed E-state index contributed by atoms with van der Waals surface area (Å²) in [4.78, 5) is 14.3. The van der Waals surface area contributed by atoms with Crippen LogP contribution in [-0.4, -0.2) is 37.1 Å². The molecule has 1 amide bonds. The fourth-order valence-corrected chi connectivity index (χ4v) is 2.85. The van der Waals surface area contributed by atoms with Crippen molar-refractivity contribution < 1.29 is 14.3 Å². The van der Waals surface area contributed by atoms with Crippen LogP contribution in [0.25, 0.3) is 0 Å². The van der Waals surface area contributed by atoms with Crippen LogP contribution in [-0.2, 0) is 0 Å². The number of ether oxygens (including phenoxy) is 2. The minimum Gasteiger partial charge on any atom is -0.497 e. The molecule has 0 N–H and O–H groups in total. The number of carbonyl (C=O) groups is 1. The molecule has 4 nitrogen and oxygen atoms in total. The van der Waals surface area contributed by atoms with Crippen molar-refractivity contribution in [1.29, 1.82) is 0 Å². The Morgan fingerprint density at radius 1 is 1.17 bits per heavy atom. The third kappa shape index (κ3) is 3.77. The Labute approximate surface area is 140 Å². The molecule has 120 valence electrons. The van der Waals surface area contributed by atoms with Crippen LogP contribution in [0.2, 0.25) is 5.02 Å². The molecule has 3 rings (SSSR count). The van der Waals surface area contributed by atoms with Gasteiger partial charge in [0.15, 0.2) is 0 Å². The van der Waals surface area contributed by atoms with E-state index in [-0.39, 0.29) is 12.0 Å². The first kappa shape index (κ1) is 15.7. The fourth-order valence-electron chi connectivity index (χ4n) is 2.66. The fraction of sp³-hybridized carbons (Fsp3) is 0.278. The quantitative estimate of drug-likeness (QED) is 0.858. The second kappa shape index (κ2) is 6.92. The van der Waals surface area contributed by atoms with Gasteiger partial charge in [0.25, 0.3) is 5.91 Å². The standard InChI is InChI=1S/C18H18ClNO3/c1-22-15-5-7-16(8-6-15)23-17-9-10-20(12-17)18(21)13-3-2-4-14(19)11-13/h2-8,11,17H,9-10,12H2,1H3. The van der Waals surface area contributed by atoms with Crippen molar-refractivity contribution >= 4 is 17.5 Å². The molecule has 0 aromatic heterocycles. The summed E-state index contributed by atoms with van der Waals surface area (Å²) in [5.41, 5.74) is 0.614. The van der Waals surface area contributed by atoms with Gasteiger partial charge in [0.05, 0.1) is 13.7 Å². The highest BCUT2D eigenvalue weighted by molar-refractivity contribution is 6.30. The number of methoxy groups -OCH3 is 1. The van der Waals surface area contributed by atoms with Crippen molar-refractivity contribution in [2.75, 3.05) is 20.2 Å². The maximum atomic E-state index is 12.5. The lowest BCUT2D eigenvalue weighted by molar-refractivity contribution is 0.0772. The number of hydrogen-bond donors (Lipinski definition) is 0. The first-order chi connectivity index (χ1) is 11.2. The maximum absolute atomic E-state index is 12.5. The van der Waals surface area contributed by atoms with E-state index in [0.717, 1.165) is 17.9 Å². The lowest BCUT2D eigenvalue weighted by atomic mass is 10.2. The number of rotatable bonds is 4. The van der Waals surface area contributed by atoms with Crippen molar-refractivity contribution in [1.82, 2.24) is 4.90 Å². The van der Waals surface area contributed by atoms with Crippen LogP contribution in [0.4, 0.5) is 0 Å².